The molecule has 0 amide bonds. The summed E-state index contributed by atoms with van der Waals surface area (Å²) >= 11 is 0. The molecule has 0 N–H and O–H groups in total. The van der Waals surface area contributed by atoms with Gasteiger partial charge < -0.3 is 0 Å². The van der Waals surface area contributed by atoms with Gasteiger partial charge in [0.05, 0.1) is 5.69 Å². The summed E-state index contributed by atoms with van der Waals surface area (Å²) in [5, 5.41) is 2.54. The highest BCUT2D eigenvalue weighted by Crippen LogP contribution is 2.45. The molecule has 20 heavy (non-hydrogen) atoms. The van der Waals surface area contributed by atoms with E-state index in [4.69, 9.17) is 0 Å². The Balaban J connectivity index is 0.000000704. The maximum Gasteiger partial charge on any atom is 0.0782 e. The van der Waals surface area contributed by atoms with Crippen LogP contribution < -0.4 is 0 Å². The van der Waals surface area contributed by atoms with Gasteiger partial charge in [-0.05, 0) is 29.5 Å². The Bertz CT molecular complexity index is 685. The van der Waals surface area contributed by atoms with Crippen LogP contribution in [0, 0.1) is 0 Å². The number of hydrogen-bond acceptors (Lipinski definition) is 1. The number of pyridine rings is 1. The third kappa shape index (κ3) is 1.89. The van der Waals surface area contributed by atoms with Crippen LogP contribution in [0.15, 0.2) is 48.7 Å². The molecule has 1 aromatic heterocycles. The van der Waals surface area contributed by atoms with Crippen molar-refractivity contribution in [3.8, 4) is 0 Å². The Morgan fingerprint density at radius 2 is 1.85 bits per heavy atom. The van der Waals surface area contributed by atoms with E-state index in [0.29, 0.717) is 0 Å². The summed E-state index contributed by atoms with van der Waals surface area (Å²) in [6.07, 6.45) is 3.82. The number of nitrogens with zero attached hydrogens (tertiary/aromatic N) is 1. The second-order valence-corrected chi connectivity index (χ2v) is 5.43. The van der Waals surface area contributed by atoms with Crippen molar-refractivity contribution in [1.82, 2.24) is 4.98 Å². The van der Waals surface area contributed by atoms with E-state index in [-0.39, 0.29) is 5.41 Å². The van der Waals surface area contributed by atoms with E-state index in [1.54, 1.807) is 0 Å². The summed E-state index contributed by atoms with van der Waals surface area (Å²) in [4.78, 5) is 4.58. The topological polar surface area (TPSA) is 12.9 Å². The van der Waals surface area contributed by atoms with E-state index in [0.717, 1.165) is 5.69 Å². The number of allylic oxidation sites excluding steroid dienone is 3. The van der Waals surface area contributed by atoms with Crippen molar-refractivity contribution in [2.45, 2.75) is 40.0 Å². The molecular formula is C19H23N. The first-order valence-corrected chi connectivity index (χ1v) is 7.29. The van der Waals surface area contributed by atoms with Crippen molar-refractivity contribution in [1.29, 1.82) is 0 Å². The van der Waals surface area contributed by atoms with Crippen LogP contribution in [0.1, 0.15) is 45.9 Å². The molecule has 0 saturated carbocycles. The van der Waals surface area contributed by atoms with Gasteiger partial charge in [0, 0.05) is 17.0 Å². The van der Waals surface area contributed by atoms with Crippen LogP contribution in [0.25, 0.3) is 16.3 Å². The number of hydrogen-bond donors (Lipinski definition) is 0. The zero-order valence-corrected chi connectivity index (χ0v) is 13.1. The lowest BCUT2D eigenvalue weighted by Crippen LogP contribution is -2.24. The van der Waals surface area contributed by atoms with Crippen LogP contribution in [0.5, 0.6) is 0 Å². The molecule has 1 aromatic carbocycles. The molecule has 0 saturated heterocycles. The van der Waals surface area contributed by atoms with Gasteiger partial charge in [-0.3, -0.25) is 4.98 Å². The van der Waals surface area contributed by atoms with E-state index < -0.39 is 0 Å². The Labute approximate surface area is 122 Å². The van der Waals surface area contributed by atoms with Crippen LogP contribution >= 0.6 is 0 Å². The van der Waals surface area contributed by atoms with E-state index in [1.807, 2.05) is 26.1 Å². The van der Waals surface area contributed by atoms with Gasteiger partial charge in [0.2, 0.25) is 0 Å². The minimum atomic E-state index is 0.0407. The van der Waals surface area contributed by atoms with Gasteiger partial charge in [0.1, 0.15) is 0 Å². The first-order chi connectivity index (χ1) is 9.57. The molecular weight excluding hydrogens is 242 g/mol. The van der Waals surface area contributed by atoms with Gasteiger partial charge in [-0.1, -0.05) is 64.1 Å². The van der Waals surface area contributed by atoms with Gasteiger partial charge in [0.15, 0.2) is 0 Å². The molecule has 0 atom stereocenters. The molecule has 1 nitrogen and oxygen atoms in total. The summed E-state index contributed by atoms with van der Waals surface area (Å²) in [7, 11) is 0. The number of rotatable bonds is 1. The van der Waals surface area contributed by atoms with Crippen molar-refractivity contribution >= 4 is 16.3 Å². The SMILES string of the molecule is C=CC1=C(C)C(C)(C)c2cccc3ccnc1c23.CC. The third-order valence-corrected chi connectivity index (χ3v) is 4.27. The smallest absolute Gasteiger partial charge is 0.0782 e. The predicted octanol–water partition coefficient (Wildman–Crippen LogP) is 5.51. The van der Waals surface area contributed by atoms with Crippen LogP contribution in [0.4, 0.5) is 0 Å². The summed E-state index contributed by atoms with van der Waals surface area (Å²) in [6, 6.07) is 8.59. The highest BCUT2D eigenvalue weighted by Gasteiger charge is 2.32. The Morgan fingerprint density at radius 3 is 2.50 bits per heavy atom. The van der Waals surface area contributed by atoms with Crippen molar-refractivity contribution in [2.24, 2.45) is 0 Å². The first-order valence-electron chi connectivity index (χ1n) is 7.29. The average Bonchev–Trinajstić information content (AvgIpc) is 2.48. The fourth-order valence-corrected chi connectivity index (χ4v) is 2.92. The Kier molecular flexibility index (Phi) is 3.80. The molecule has 0 aliphatic heterocycles. The van der Waals surface area contributed by atoms with Gasteiger partial charge in [-0.15, -0.1) is 0 Å². The number of aromatic nitrogens is 1. The lowest BCUT2D eigenvalue weighted by atomic mass is 9.70. The molecule has 2 aromatic rings. The zero-order chi connectivity index (χ0) is 14.9. The van der Waals surface area contributed by atoms with Crippen LogP contribution in [-0.2, 0) is 5.41 Å². The molecule has 0 radical (unpaired) electrons. The van der Waals surface area contributed by atoms with Gasteiger partial charge >= 0.3 is 0 Å². The average molecular weight is 265 g/mol. The fourth-order valence-electron chi connectivity index (χ4n) is 2.92. The monoisotopic (exact) mass is 265 g/mol. The van der Waals surface area contributed by atoms with Gasteiger partial charge in [-0.2, -0.15) is 0 Å². The molecule has 1 aliphatic rings. The molecule has 1 heteroatoms. The van der Waals surface area contributed by atoms with Crippen molar-refractivity contribution < 1.29 is 0 Å². The molecule has 0 spiro atoms. The van der Waals surface area contributed by atoms with Crippen LogP contribution in [0.3, 0.4) is 0 Å². The van der Waals surface area contributed by atoms with E-state index in [9.17, 15) is 0 Å². The van der Waals surface area contributed by atoms with Crippen molar-refractivity contribution in [3.63, 3.8) is 0 Å². The molecule has 1 aliphatic carbocycles. The van der Waals surface area contributed by atoms with Crippen molar-refractivity contribution in [3.05, 3.63) is 59.9 Å². The summed E-state index contributed by atoms with van der Waals surface area (Å²) < 4.78 is 0. The van der Waals surface area contributed by atoms with E-state index >= 15 is 0 Å². The Hall–Kier alpha value is -1.89. The van der Waals surface area contributed by atoms with Gasteiger partial charge in [-0.25, -0.2) is 0 Å². The second-order valence-electron chi connectivity index (χ2n) is 5.43. The largest absolute Gasteiger partial charge is 0.256 e. The molecule has 104 valence electrons. The van der Waals surface area contributed by atoms with E-state index in [1.165, 1.54) is 27.5 Å². The zero-order valence-electron chi connectivity index (χ0n) is 13.1. The predicted molar refractivity (Wildman–Crippen MR) is 88.9 cm³/mol. The molecule has 3 rings (SSSR count). The normalized spacial score (nSPS) is 15.7. The second kappa shape index (κ2) is 5.24. The fraction of sp³-hybridized carbons (Fsp3) is 0.316. The third-order valence-electron chi connectivity index (χ3n) is 4.27. The van der Waals surface area contributed by atoms with E-state index in [2.05, 4.69) is 56.6 Å². The molecule has 1 heterocycles. The quantitative estimate of drug-likeness (QED) is 0.662. The molecule has 0 fully saturated rings. The highest BCUT2D eigenvalue weighted by molar-refractivity contribution is 6.00. The van der Waals surface area contributed by atoms with Crippen molar-refractivity contribution in [2.75, 3.05) is 0 Å². The minimum absolute atomic E-state index is 0.0407. The number of benzene rings is 1. The lowest BCUT2D eigenvalue weighted by Gasteiger charge is -2.34. The first kappa shape index (κ1) is 14.5. The summed E-state index contributed by atoms with van der Waals surface area (Å²) in [6.45, 7) is 14.7. The van der Waals surface area contributed by atoms with Crippen LogP contribution in [0.2, 0.25) is 0 Å². The minimum Gasteiger partial charge on any atom is -0.256 e. The standard InChI is InChI=1S/C17H17N.C2H6/c1-5-13-11(2)17(3,4)14-8-6-7-12-9-10-18-16(13)15(12)14;1-2/h5-10H,1H2,2-4H3;1-2H3. The maximum atomic E-state index is 4.58. The van der Waals surface area contributed by atoms with Crippen LogP contribution in [-0.4, -0.2) is 4.98 Å². The lowest BCUT2D eigenvalue weighted by molar-refractivity contribution is 0.627. The van der Waals surface area contributed by atoms with Gasteiger partial charge in [0.25, 0.3) is 0 Å². The summed E-state index contributed by atoms with van der Waals surface area (Å²) in [5.41, 5.74) is 5.01. The molecule has 0 unspecified atom stereocenters. The molecule has 0 bridgehead atoms. The Morgan fingerprint density at radius 1 is 1.15 bits per heavy atom. The summed E-state index contributed by atoms with van der Waals surface area (Å²) in [5.74, 6) is 0. The maximum absolute atomic E-state index is 4.58. The highest BCUT2D eigenvalue weighted by atomic mass is 14.7.